The van der Waals surface area contributed by atoms with Crippen molar-refractivity contribution in [3.05, 3.63) is 126 Å². The number of amides is 1. The number of nitrogens with one attached hydrogen (secondary N) is 1. The Labute approximate surface area is 166 Å². The summed E-state index contributed by atoms with van der Waals surface area (Å²) in [5, 5.41) is 3.08. The number of benzene rings is 3. The van der Waals surface area contributed by atoms with Crippen LogP contribution in [0.2, 0.25) is 0 Å². The third-order valence-corrected chi connectivity index (χ3v) is 5.15. The molecule has 2 nitrogen and oxygen atoms in total. The van der Waals surface area contributed by atoms with E-state index in [1.54, 1.807) is 0 Å². The van der Waals surface area contributed by atoms with Gasteiger partial charge < -0.3 is 5.32 Å². The highest BCUT2D eigenvalue weighted by molar-refractivity contribution is 5.80. The first-order valence-corrected chi connectivity index (χ1v) is 9.64. The van der Waals surface area contributed by atoms with Gasteiger partial charge in [-0.15, -0.1) is 0 Å². The number of rotatable bonds is 4. The molecular weight excluding hydrogens is 342 g/mol. The van der Waals surface area contributed by atoms with Crippen LogP contribution in [-0.4, -0.2) is 5.91 Å². The molecule has 1 aliphatic heterocycles. The van der Waals surface area contributed by atoms with Gasteiger partial charge in [0.15, 0.2) is 0 Å². The maximum Gasteiger partial charge on any atom is 0.225 e. The number of hydrogen-bond acceptors (Lipinski definition) is 1. The van der Waals surface area contributed by atoms with Crippen LogP contribution in [0, 0.1) is 0 Å². The smallest absolute Gasteiger partial charge is 0.225 e. The van der Waals surface area contributed by atoms with Crippen LogP contribution < -0.4 is 5.32 Å². The number of allylic oxidation sites excluding steroid dienone is 2. The average Bonchev–Trinajstić information content (AvgIpc) is 2.93. The van der Waals surface area contributed by atoms with E-state index in [1.807, 2.05) is 54.6 Å². The van der Waals surface area contributed by atoms with E-state index >= 15 is 0 Å². The fourth-order valence-corrected chi connectivity index (χ4v) is 3.77. The average molecular weight is 365 g/mol. The molecule has 138 valence electrons. The van der Waals surface area contributed by atoms with Gasteiger partial charge in [-0.05, 0) is 22.8 Å². The summed E-state index contributed by atoms with van der Waals surface area (Å²) in [6, 6.07) is 30.9. The van der Waals surface area contributed by atoms with Gasteiger partial charge in [0.25, 0.3) is 0 Å². The standard InChI is InChI=1S/C26H23NO/c28-26-19-25(22-14-8-3-9-15-22)24(21-12-6-2-7-13-21)18-23(27-26)17-16-20-10-4-1-5-11-20/h1-18,24-25H,19H2,(H,27,28)/b17-16+. The molecule has 28 heavy (non-hydrogen) atoms. The molecular formula is C26H23NO. The minimum atomic E-state index is 0.0521. The molecule has 1 N–H and O–H groups in total. The number of carbonyl (C=O) groups is 1. The Bertz CT molecular complexity index is 975. The van der Waals surface area contributed by atoms with Gasteiger partial charge in [0.2, 0.25) is 5.91 Å². The molecule has 3 aromatic rings. The van der Waals surface area contributed by atoms with Crippen LogP contribution in [0.4, 0.5) is 0 Å². The Kier molecular flexibility index (Phi) is 5.48. The SMILES string of the molecule is O=C1CC(c2ccccc2)C(c2ccccc2)C=C(/C=C/c2ccccc2)N1. The van der Waals surface area contributed by atoms with E-state index in [0.29, 0.717) is 6.42 Å². The van der Waals surface area contributed by atoms with E-state index in [0.717, 1.165) is 11.3 Å². The summed E-state index contributed by atoms with van der Waals surface area (Å²) in [7, 11) is 0. The zero-order chi connectivity index (χ0) is 19.2. The lowest BCUT2D eigenvalue weighted by Crippen LogP contribution is -2.21. The Morgan fingerprint density at radius 1 is 0.714 bits per heavy atom. The first kappa shape index (κ1) is 18.0. The van der Waals surface area contributed by atoms with E-state index in [1.165, 1.54) is 11.1 Å². The predicted octanol–water partition coefficient (Wildman–Crippen LogP) is 5.67. The first-order chi connectivity index (χ1) is 13.8. The van der Waals surface area contributed by atoms with Crippen LogP contribution in [0.1, 0.15) is 34.9 Å². The van der Waals surface area contributed by atoms with Gasteiger partial charge in [-0.2, -0.15) is 0 Å². The number of carbonyl (C=O) groups excluding carboxylic acids is 1. The molecule has 1 aliphatic rings. The summed E-state index contributed by atoms with van der Waals surface area (Å²) in [4.78, 5) is 12.7. The minimum Gasteiger partial charge on any atom is -0.326 e. The first-order valence-electron chi connectivity index (χ1n) is 9.64. The maximum atomic E-state index is 12.7. The van der Waals surface area contributed by atoms with Crippen LogP contribution in [0.15, 0.2) is 109 Å². The van der Waals surface area contributed by atoms with Gasteiger partial charge >= 0.3 is 0 Å². The molecule has 2 atom stereocenters. The van der Waals surface area contributed by atoms with Gasteiger partial charge in [-0.25, -0.2) is 0 Å². The summed E-state index contributed by atoms with van der Waals surface area (Å²) in [6.45, 7) is 0. The highest BCUT2D eigenvalue weighted by Crippen LogP contribution is 2.38. The van der Waals surface area contributed by atoms with Crippen molar-refractivity contribution in [1.82, 2.24) is 5.32 Å². The van der Waals surface area contributed by atoms with E-state index in [4.69, 9.17) is 0 Å². The monoisotopic (exact) mass is 365 g/mol. The molecule has 0 aliphatic carbocycles. The van der Waals surface area contributed by atoms with Crippen molar-refractivity contribution in [1.29, 1.82) is 0 Å². The lowest BCUT2D eigenvalue weighted by atomic mass is 9.79. The second-order valence-corrected chi connectivity index (χ2v) is 7.07. The Hall–Kier alpha value is -3.39. The molecule has 4 rings (SSSR count). The quantitative estimate of drug-likeness (QED) is 0.634. The molecule has 0 aromatic heterocycles. The zero-order valence-corrected chi connectivity index (χ0v) is 15.7. The van der Waals surface area contributed by atoms with Gasteiger partial charge in [-0.3, -0.25) is 4.79 Å². The van der Waals surface area contributed by atoms with Crippen LogP contribution in [0.3, 0.4) is 0 Å². The predicted molar refractivity (Wildman–Crippen MR) is 115 cm³/mol. The molecule has 3 aromatic carbocycles. The molecule has 2 unspecified atom stereocenters. The van der Waals surface area contributed by atoms with Crippen molar-refractivity contribution in [2.75, 3.05) is 0 Å². The zero-order valence-electron chi connectivity index (χ0n) is 15.7. The fraction of sp³-hybridized carbons (Fsp3) is 0.115. The molecule has 2 heteroatoms. The van der Waals surface area contributed by atoms with Crippen molar-refractivity contribution in [3.63, 3.8) is 0 Å². The molecule has 0 saturated heterocycles. The number of hydrogen-bond donors (Lipinski definition) is 1. The summed E-state index contributed by atoms with van der Waals surface area (Å²) >= 11 is 0. The van der Waals surface area contributed by atoms with Gasteiger partial charge in [0.05, 0.1) is 0 Å². The van der Waals surface area contributed by atoms with Crippen molar-refractivity contribution < 1.29 is 4.79 Å². The molecule has 0 radical (unpaired) electrons. The molecule has 1 amide bonds. The third-order valence-electron chi connectivity index (χ3n) is 5.15. The maximum absolute atomic E-state index is 12.7. The molecule has 0 saturated carbocycles. The Morgan fingerprint density at radius 2 is 1.29 bits per heavy atom. The molecule has 0 bridgehead atoms. The Morgan fingerprint density at radius 3 is 1.93 bits per heavy atom. The fourth-order valence-electron chi connectivity index (χ4n) is 3.77. The Balaban J connectivity index is 1.74. The summed E-state index contributed by atoms with van der Waals surface area (Å²) in [5.74, 6) is 0.278. The summed E-state index contributed by atoms with van der Waals surface area (Å²) in [5.41, 5.74) is 4.37. The van der Waals surface area contributed by atoms with E-state index in [9.17, 15) is 4.79 Å². The van der Waals surface area contributed by atoms with Gasteiger partial charge in [0, 0.05) is 24.0 Å². The largest absolute Gasteiger partial charge is 0.326 e. The third kappa shape index (κ3) is 4.29. The van der Waals surface area contributed by atoms with Crippen LogP contribution in [0.25, 0.3) is 6.08 Å². The van der Waals surface area contributed by atoms with Gasteiger partial charge in [-0.1, -0.05) is 103 Å². The second-order valence-electron chi connectivity index (χ2n) is 7.07. The van der Waals surface area contributed by atoms with Gasteiger partial charge in [0.1, 0.15) is 0 Å². The van der Waals surface area contributed by atoms with Crippen LogP contribution >= 0.6 is 0 Å². The molecule has 0 spiro atoms. The second kappa shape index (κ2) is 8.53. The minimum absolute atomic E-state index is 0.0521. The van der Waals surface area contributed by atoms with E-state index in [-0.39, 0.29) is 17.7 Å². The van der Waals surface area contributed by atoms with E-state index in [2.05, 4.69) is 59.9 Å². The van der Waals surface area contributed by atoms with Crippen molar-refractivity contribution in [3.8, 4) is 0 Å². The van der Waals surface area contributed by atoms with Crippen molar-refractivity contribution in [2.45, 2.75) is 18.3 Å². The normalized spacial score (nSPS) is 19.7. The lowest BCUT2D eigenvalue weighted by Gasteiger charge is -2.23. The molecule has 1 heterocycles. The van der Waals surface area contributed by atoms with E-state index < -0.39 is 0 Å². The van der Waals surface area contributed by atoms with Crippen LogP contribution in [0.5, 0.6) is 0 Å². The molecule has 0 fully saturated rings. The highest BCUT2D eigenvalue weighted by atomic mass is 16.1. The van der Waals surface area contributed by atoms with Crippen LogP contribution in [-0.2, 0) is 4.79 Å². The van der Waals surface area contributed by atoms with Crippen molar-refractivity contribution in [2.24, 2.45) is 0 Å². The topological polar surface area (TPSA) is 29.1 Å². The summed E-state index contributed by atoms with van der Waals surface area (Å²) < 4.78 is 0. The summed E-state index contributed by atoms with van der Waals surface area (Å²) in [6.07, 6.45) is 6.69. The van der Waals surface area contributed by atoms with Crippen molar-refractivity contribution >= 4 is 12.0 Å². The highest BCUT2D eigenvalue weighted by Gasteiger charge is 2.28. The lowest BCUT2D eigenvalue weighted by molar-refractivity contribution is -0.120.